The molecule has 1 aromatic carbocycles. The molecule has 0 aliphatic heterocycles. The Bertz CT molecular complexity index is 714. The molecule has 0 atom stereocenters. The first-order chi connectivity index (χ1) is 8.66. The second-order valence-corrected chi connectivity index (χ2v) is 5.03. The molecule has 0 amide bonds. The zero-order valence-corrected chi connectivity index (χ0v) is 11.5. The SMILES string of the molecule is Cc1ccc(-c2nc(Br)c3c(N)cccn23)cc1. The first-order valence-electron chi connectivity index (χ1n) is 5.66. The van der Waals surface area contributed by atoms with E-state index in [0.717, 1.165) is 27.2 Å². The molecule has 2 aromatic heterocycles. The number of benzene rings is 1. The van der Waals surface area contributed by atoms with Crippen LogP contribution in [-0.4, -0.2) is 9.38 Å². The topological polar surface area (TPSA) is 43.3 Å². The maximum Gasteiger partial charge on any atom is 0.145 e. The Morgan fingerprint density at radius 3 is 2.61 bits per heavy atom. The lowest BCUT2D eigenvalue weighted by Crippen LogP contribution is -1.93. The lowest BCUT2D eigenvalue weighted by Gasteiger charge is -2.03. The number of aryl methyl sites for hydroxylation is 1. The largest absolute Gasteiger partial charge is 0.397 e. The van der Waals surface area contributed by atoms with Crippen LogP contribution < -0.4 is 5.73 Å². The zero-order chi connectivity index (χ0) is 12.7. The summed E-state index contributed by atoms with van der Waals surface area (Å²) in [4.78, 5) is 4.55. The van der Waals surface area contributed by atoms with Crippen LogP contribution in [0.1, 0.15) is 5.56 Å². The van der Waals surface area contributed by atoms with Crippen molar-refractivity contribution in [3.8, 4) is 11.4 Å². The lowest BCUT2D eigenvalue weighted by atomic mass is 10.1. The van der Waals surface area contributed by atoms with Crippen molar-refractivity contribution in [3.63, 3.8) is 0 Å². The minimum Gasteiger partial charge on any atom is -0.397 e. The van der Waals surface area contributed by atoms with Crippen molar-refractivity contribution >= 4 is 27.1 Å². The molecule has 3 nitrogen and oxygen atoms in total. The van der Waals surface area contributed by atoms with Crippen LogP contribution in [0.5, 0.6) is 0 Å². The molecule has 2 heterocycles. The van der Waals surface area contributed by atoms with E-state index in [4.69, 9.17) is 5.73 Å². The van der Waals surface area contributed by atoms with E-state index in [-0.39, 0.29) is 0 Å². The number of hydrogen-bond acceptors (Lipinski definition) is 2. The number of halogens is 1. The van der Waals surface area contributed by atoms with E-state index in [1.54, 1.807) is 0 Å². The monoisotopic (exact) mass is 301 g/mol. The normalized spacial score (nSPS) is 11.0. The predicted octanol–water partition coefficient (Wildman–Crippen LogP) is 3.65. The second kappa shape index (κ2) is 4.14. The maximum absolute atomic E-state index is 5.98. The van der Waals surface area contributed by atoms with Crippen molar-refractivity contribution in [1.82, 2.24) is 9.38 Å². The molecule has 0 bridgehead atoms. The summed E-state index contributed by atoms with van der Waals surface area (Å²) in [7, 11) is 0. The molecule has 0 spiro atoms. The van der Waals surface area contributed by atoms with Gasteiger partial charge in [-0.15, -0.1) is 0 Å². The average Bonchev–Trinajstić information content (AvgIpc) is 2.69. The number of fused-ring (bicyclic) bond motifs is 1. The van der Waals surface area contributed by atoms with Gasteiger partial charge >= 0.3 is 0 Å². The smallest absolute Gasteiger partial charge is 0.145 e. The number of nitrogen functional groups attached to an aromatic ring is 1. The second-order valence-electron chi connectivity index (χ2n) is 4.27. The summed E-state index contributed by atoms with van der Waals surface area (Å²) in [5.41, 5.74) is 9.92. The van der Waals surface area contributed by atoms with E-state index in [2.05, 4.69) is 52.1 Å². The van der Waals surface area contributed by atoms with E-state index in [0.29, 0.717) is 0 Å². The Kier molecular flexibility index (Phi) is 2.59. The van der Waals surface area contributed by atoms with Crippen molar-refractivity contribution in [2.24, 2.45) is 0 Å². The molecule has 0 saturated carbocycles. The standard InChI is InChI=1S/C14H12BrN3/c1-9-4-6-10(7-5-9)14-17-13(15)12-11(16)3-2-8-18(12)14/h2-8H,16H2,1H3. The molecule has 0 aliphatic carbocycles. The molecule has 0 unspecified atom stereocenters. The van der Waals surface area contributed by atoms with Crippen molar-refractivity contribution in [3.05, 3.63) is 52.8 Å². The van der Waals surface area contributed by atoms with Gasteiger partial charge in [-0.3, -0.25) is 4.40 Å². The number of nitrogens with two attached hydrogens (primary N) is 1. The van der Waals surface area contributed by atoms with Crippen molar-refractivity contribution in [2.45, 2.75) is 6.92 Å². The van der Waals surface area contributed by atoms with Crippen LogP contribution in [0.4, 0.5) is 5.69 Å². The van der Waals surface area contributed by atoms with Gasteiger partial charge in [-0.1, -0.05) is 29.8 Å². The molecule has 0 aliphatic rings. The van der Waals surface area contributed by atoms with Gasteiger partial charge in [0, 0.05) is 11.8 Å². The number of nitrogens with zero attached hydrogens (tertiary/aromatic N) is 2. The van der Waals surface area contributed by atoms with Crippen LogP contribution in [0.2, 0.25) is 0 Å². The molecule has 2 N–H and O–H groups in total. The fourth-order valence-corrected chi connectivity index (χ4v) is 2.61. The molecule has 0 fully saturated rings. The number of rotatable bonds is 1. The molecular formula is C14H12BrN3. The molecule has 3 aromatic rings. The van der Waals surface area contributed by atoms with Crippen molar-refractivity contribution in [2.75, 3.05) is 5.73 Å². The van der Waals surface area contributed by atoms with Gasteiger partial charge in [0.2, 0.25) is 0 Å². The van der Waals surface area contributed by atoms with Crippen LogP contribution in [-0.2, 0) is 0 Å². The van der Waals surface area contributed by atoms with Crippen LogP contribution in [0, 0.1) is 6.92 Å². The number of hydrogen-bond donors (Lipinski definition) is 1. The summed E-state index contributed by atoms with van der Waals surface area (Å²) in [6.07, 6.45) is 1.97. The number of anilines is 1. The third kappa shape index (κ3) is 1.69. The average molecular weight is 302 g/mol. The Balaban J connectivity index is 2.30. The summed E-state index contributed by atoms with van der Waals surface area (Å²) < 4.78 is 2.78. The molecule has 0 saturated heterocycles. The van der Waals surface area contributed by atoms with Gasteiger partial charge in [0.05, 0.1) is 5.69 Å². The highest BCUT2D eigenvalue weighted by Crippen LogP contribution is 2.29. The Labute approximate surface area is 113 Å². The van der Waals surface area contributed by atoms with Gasteiger partial charge < -0.3 is 5.73 Å². The van der Waals surface area contributed by atoms with Gasteiger partial charge in [0.1, 0.15) is 15.9 Å². The number of pyridine rings is 1. The maximum atomic E-state index is 5.98. The predicted molar refractivity (Wildman–Crippen MR) is 77.5 cm³/mol. The Hall–Kier alpha value is -1.81. The van der Waals surface area contributed by atoms with Gasteiger partial charge in [0.25, 0.3) is 0 Å². The summed E-state index contributed by atoms with van der Waals surface area (Å²) >= 11 is 3.47. The summed E-state index contributed by atoms with van der Waals surface area (Å²) in [5, 5.41) is 0. The Morgan fingerprint density at radius 2 is 1.89 bits per heavy atom. The fraction of sp³-hybridized carbons (Fsp3) is 0.0714. The van der Waals surface area contributed by atoms with Gasteiger partial charge in [-0.05, 0) is 35.0 Å². The van der Waals surface area contributed by atoms with Gasteiger partial charge in [-0.25, -0.2) is 4.98 Å². The van der Waals surface area contributed by atoms with Crippen LogP contribution in [0.25, 0.3) is 16.9 Å². The minimum absolute atomic E-state index is 0.718. The van der Waals surface area contributed by atoms with E-state index >= 15 is 0 Å². The molecule has 3 rings (SSSR count). The van der Waals surface area contributed by atoms with Crippen LogP contribution in [0.3, 0.4) is 0 Å². The quantitative estimate of drug-likeness (QED) is 0.745. The zero-order valence-electron chi connectivity index (χ0n) is 9.89. The molecular weight excluding hydrogens is 290 g/mol. The molecule has 18 heavy (non-hydrogen) atoms. The van der Waals surface area contributed by atoms with Crippen molar-refractivity contribution in [1.29, 1.82) is 0 Å². The fourth-order valence-electron chi connectivity index (χ4n) is 2.03. The highest BCUT2D eigenvalue weighted by molar-refractivity contribution is 9.10. The molecule has 4 heteroatoms. The molecule has 90 valence electrons. The number of imidazole rings is 1. The van der Waals surface area contributed by atoms with Gasteiger partial charge in [-0.2, -0.15) is 0 Å². The van der Waals surface area contributed by atoms with E-state index in [9.17, 15) is 0 Å². The third-order valence-corrected chi connectivity index (χ3v) is 3.52. The highest BCUT2D eigenvalue weighted by Gasteiger charge is 2.12. The van der Waals surface area contributed by atoms with E-state index in [1.807, 2.05) is 22.7 Å². The Morgan fingerprint density at radius 1 is 1.17 bits per heavy atom. The number of aromatic nitrogens is 2. The first kappa shape index (κ1) is 11.3. The highest BCUT2D eigenvalue weighted by atomic mass is 79.9. The first-order valence-corrected chi connectivity index (χ1v) is 6.45. The van der Waals surface area contributed by atoms with Gasteiger partial charge in [0.15, 0.2) is 0 Å². The van der Waals surface area contributed by atoms with E-state index < -0.39 is 0 Å². The van der Waals surface area contributed by atoms with E-state index in [1.165, 1.54) is 5.56 Å². The minimum atomic E-state index is 0.718. The summed E-state index contributed by atoms with van der Waals surface area (Å²) in [6.45, 7) is 2.07. The molecule has 0 radical (unpaired) electrons. The van der Waals surface area contributed by atoms with Crippen LogP contribution >= 0.6 is 15.9 Å². The van der Waals surface area contributed by atoms with Crippen LogP contribution in [0.15, 0.2) is 47.2 Å². The lowest BCUT2D eigenvalue weighted by molar-refractivity contribution is 1.16. The van der Waals surface area contributed by atoms with Crippen molar-refractivity contribution < 1.29 is 0 Å². The summed E-state index contributed by atoms with van der Waals surface area (Å²) in [6, 6.07) is 12.1. The third-order valence-electron chi connectivity index (χ3n) is 2.96. The summed E-state index contributed by atoms with van der Waals surface area (Å²) in [5.74, 6) is 0.893.